The van der Waals surface area contributed by atoms with Crippen molar-refractivity contribution in [3.05, 3.63) is 24.3 Å². The van der Waals surface area contributed by atoms with Crippen LogP contribution in [0.2, 0.25) is 0 Å². The Labute approximate surface area is 107 Å². The Morgan fingerprint density at radius 2 is 2.00 bits per heavy atom. The summed E-state index contributed by atoms with van der Waals surface area (Å²) in [4.78, 5) is 0. The molecule has 0 fully saturated rings. The Kier molecular flexibility index (Phi) is 7.91. The highest BCUT2D eigenvalue weighted by Crippen LogP contribution is 2.32. The summed E-state index contributed by atoms with van der Waals surface area (Å²) in [6.07, 6.45) is 8.07. The molecule has 0 saturated heterocycles. The van der Waals surface area contributed by atoms with Crippen LogP contribution in [0.15, 0.2) is 24.3 Å². The predicted molar refractivity (Wildman–Crippen MR) is 79.2 cm³/mol. The number of hydrogen-bond donors (Lipinski definition) is 0. The van der Waals surface area contributed by atoms with Gasteiger partial charge in [-0.2, -0.15) is 11.8 Å². The van der Waals surface area contributed by atoms with E-state index in [9.17, 15) is 0 Å². The molecule has 0 aliphatic carbocycles. The Bertz CT molecular complexity index is 224. The molecule has 1 heteroatoms. The van der Waals surface area contributed by atoms with Crippen LogP contribution < -0.4 is 0 Å². The van der Waals surface area contributed by atoms with Crippen LogP contribution in [-0.2, 0) is 0 Å². The van der Waals surface area contributed by atoms with Crippen LogP contribution in [0, 0.1) is 5.92 Å². The molecular weight excluding hydrogens is 212 g/mol. The third-order valence-corrected chi connectivity index (χ3v) is 3.82. The van der Waals surface area contributed by atoms with Gasteiger partial charge in [-0.3, -0.25) is 0 Å². The molecule has 0 unspecified atom stereocenters. The summed E-state index contributed by atoms with van der Waals surface area (Å²) >= 11 is 2.02. The molecule has 0 rings (SSSR count). The van der Waals surface area contributed by atoms with Crippen LogP contribution in [0.25, 0.3) is 0 Å². The summed E-state index contributed by atoms with van der Waals surface area (Å²) in [6.45, 7) is 15.6. The van der Waals surface area contributed by atoms with Gasteiger partial charge in [0.05, 0.1) is 0 Å². The lowest BCUT2D eigenvalue weighted by atomic mass is 10.0. The van der Waals surface area contributed by atoms with E-state index in [0.29, 0.717) is 4.75 Å². The molecule has 0 heterocycles. The normalized spacial score (nSPS) is 12.6. The molecule has 94 valence electrons. The maximum atomic E-state index is 4.10. The van der Waals surface area contributed by atoms with Gasteiger partial charge < -0.3 is 0 Å². The molecule has 0 bridgehead atoms. The minimum absolute atomic E-state index is 0.371. The third kappa shape index (κ3) is 9.08. The zero-order chi connectivity index (χ0) is 12.6. The van der Waals surface area contributed by atoms with Gasteiger partial charge in [0.25, 0.3) is 0 Å². The van der Waals surface area contributed by atoms with Crippen molar-refractivity contribution in [2.75, 3.05) is 5.75 Å². The quantitative estimate of drug-likeness (QED) is 0.508. The van der Waals surface area contributed by atoms with E-state index in [0.717, 1.165) is 11.7 Å². The number of thioether (sulfide) groups is 1. The SMILES string of the molecule is C=C(/C=C\CCC)CSC(C)(C)CC(C)C. The number of allylic oxidation sites excluding steroid dienone is 2. The monoisotopic (exact) mass is 240 g/mol. The Hall–Kier alpha value is -0.170. The number of unbranched alkanes of at least 4 members (excludes halogenated alkanes) is 1. The van der Waals surface area contributed by atoms with Crippen molar-refractivity contribution < 1.29 is 0 Å². The maximum Gasteiger partial charge on any atom is 0.0183 e. The molecule has 0 saturated carbocycles. The van der Waals surface area contributed by atoms with Crippen LogP contribution in [0.3, 0.4) is 0 Å². The predicted octanol–water partition coefficient (Wildman–Crippen LogP) is 5.46. The minimum atomic E-state index is 0.371. The van der Waals surface area contributed by atoms with Crippen molar-refractivity contribution in [2.24, 2.45) is 5.92 Å². The summed E-state index contributed by atoms with van der Waals surface area (Å²) in [6, 6.07) is 0. The van der Waals surface area contributed by atoms with Crippen LogP contribution >= 0.6 is 11.8 Å². The van der Waals surface area contributed by atoms with Crippen molar-refractivity contribution in [2.45, 2.75) is 58.6 Å². The zero-order valence-electron chi connectivity index (χ0n) is 11.7. The molecule has 0 nitrogen and oxygen atoms in total. The molecule has 0 amide bonds. The van der Waals surface area contributed by atoms with Gasteiger partial charge in [0.1, 0.15) is 0 Å². The van der Waals surface area contributed by atoms with E-state index in [2.05, 4.69) is 53.3 Å². The molecule has 0 N–H and O–H groups in total. The zero-order valence-corrected chi connectivity index (χ0v) is 12.5. The molecule has 0 spiro atoms. The first-order valence-electron chi connectivity index (χ1n) is 6.35. The summed E-state index contributed by atoms with van der Waals surface area (Å²) in [5.41, 5.74) is 1.25. The average molecular weight is 240 g/mol. The highest BCUT2D eigenvalue weighted by Gasteiger charge is 2.19. The highest BCUT2D eigenvalue weighted by molar-refractivity contribution is 8.00. The van der Waals surface area contributed by atoms with Crippen molar-refractivity contribution in [3.8, 4) is 0 Å². The summed E-state index contributed by atoms with van der Waals surface area (Å²) in [5, 5.41) is 0. The Morgan fingerprint density at radius 3 is 2.50 bits per heavy atom. The van der Waals surface area contributed by atoms with Crippen molar-refractivity contribution in [1.29, 1.82) is 0 Å². The van der Waals surface area contributed by atoms with Crippen LogP contribution in [-0.4, -0.2) is 10.5 Å². The second-order valence-electron chi connectivity index (χ2n) is 5.50. The smallest absolute Gasteiger partial charge is 0.0183 e. The molecular formula is C15H28S. The average Bonchev–Trinajstić information content (AvgIpc) is 2.13. The lowest BCUT2D eigenvalue weighted by Gasteiger charge is -2.26. The Morgan fingerprint density at radius 1 is 1.38 bits per heavy atom. The lowest BCUT2D eigenvalue weighted by Crippen LogP contribution is -2.18. The van der Waals surface area contributed by atoms with E-state index in [-0.39, 0.29) is 0 Å². The summed E-state index contributed by atoms with van der Waals surface area (Å²) in [5.74, 6) is 1.83. The van der Waals surface area contributed by atoms with Crippen LogP contribution in [0.5, 0.6) is 0 Å². The van der Waals surface area contributed by atoms with Crippen molar-refractivity contribution in [3.63, 3.8) is 0 Å². The summed E-state index contributed by atoms with van der Waals surface area (Å²) < 4.78 is 0.371. The molecule has 0 aromatic carbocycles. The number of rotatable bonds is 8. The summed E-state index contributed by atoms with van der Waals surface area (Å²) in [7, 11) is 0. The molecule has 0 aliphatic rings. The van der Waals surface area contributed by atoms with Crippen molar-refractivity contribution >= 4 is 11.8 Å². The first-order valence-corrected chi connectivity index (χ1v) is 7.34. The Balaban J connectivity index is 3.90. The molecule has 0 aromatic rings. The highest BCUT2D eigenvalue weighted by atomic mass is 32.2. The van der Waals surface area contributed by atoms with Gasteiger partial charge in [0.2, 0.25) is 0 Å². The van der Waals surface area contributed by atoms with Gasteiger partial charge in [-0.25, -0.2) is 0 Å². The fourth-order valence-corrected chi connectivity index (χ4v) is 2.92. The van der Waals surface area contributed by atoms with Crippen molar-refractivity contribution in [1.82, 2.24) is 0 Å². The van der Waals surface area contributed by atoms with E-state index in [1.807, 2.05) is 11.8 Å². The van der Waals surface area contributed by atoms with E-state index in [4.69, 9.17) is 0 Å². The maximum absolute atomic E-state index is 4.10. The van der Waals surface area contributed by atoms with Gasteiger partial charge in [0, 0.05) is 10.5 Å². The first kappa shape index (κ1) is 15.8. The van der Waals surface area contributed by atoms with E-state index in [1.165, 1.54) is 24.8 Å². The largest absolute Gasteiger partial charge is 0.151 e. The molecule has 0 aliphatic heterocycles. The molecule has 0 atom stereocenters. The van der Waals surface area contributed by atoms with E-state index in [1.54, 1.807) is 0 Å². The van der Waals surface area contributed by atoms with Gasteiger partial charge in [-0.15, -0.1) is 0 Å². The fraction of sp³-hybridized carbons (Fsp3) is 0.733. The van der Waals surface area contributed by atoms with Crippen LogP contribution in [0.4, 0.5) is 0 Å². The van der Waals surface area contributed by atoms with Crippen LogP contribution in [0.1, 0.15) is 53.9 Å². The standard InChI is InChI=1S/C15H28S/c1-7-8-9-10-14(4)12-16-15(5,6)11-13(2)3/h9-10,13H,4,7-8,11-12H2,1-3,5-6H3/b10-9-. The topological polar surface area (TPSA) is 0 Å². The second kappa shape index (κ2) is 8.00. The second-order valence-corrected chi connectivity index (χ2v) is 7.18. The molecule has 0 aromatic heterocycles. The van der Waals surface area contributed by atoms with E-state index >= 15 is 0 Å². The van der Waals surface area contributed by atoms with Gasteiger partial charge in [-0.05, 0) is 24.3 Å². The van der Waals surface area contributed by atoms with E-state index < -0.39 is 0 Å². The first-order chi connectivity index (χ1) is 7.37. The van der Waals surface area contributed by atoms with Gasteiger partial charge in [-0.1, -0.05) is 59.8 Å². The molecule has 16 heavy (non-hydrogen) atoms. The number of hydrogen-bond acceptors (Lipinski definition) is 1. The van der Waals surface area contributed by atoms with Gasteiger partial charge >= 0.3 is 0 Å². The lowest BCUT2D eigenvalue weighted by molar-refractivity contribution is 0.503. The third-order valence-electron chi connectivity index (χ3n) is 2.36. The molecule has 0 radical (unpaired) electrons. The fourth-order valence-electron chi connectivity index (χ4n) is 1.79. The minimum Gasteiger partial charge on any atom is -0.151 e. The van der Waals surface area contributed by atoms with Gasteiger partial charge in [0.15, 0.2) is 0 Å².